The van der Waals surface area contributed by atoms with E-state index < -0.39 is 5.79 Å². The third kappa shape index (κ3) is 4.49. The van der Waals surface area contributed by atoms with Gasteiger partial charge in [0.25, 0.3) is 0 Å². The van der Waals surface area contributed by atoms with Crippen LogP contribution in [0.4, 0.5) is 0 Å². The first-order chi connectivity index (χ1) is 14.9. The number of hydrogen-bond donors (Lipinski definition) is 0. The summed E-state index contributed by atoms with van der Waals surface area (Å²) in [5, 5.41) is 0. The van der Waals surface area contributed by atoms with Crippen molar-refractivity contribution in [3.63, 3.8) is 0 Å². The molecule has 0 spiro atoms. The normalized spacial score (nSPS) is 30.0. The Balaban J connectivity index is 1.84. The largest absolute Gasteiger partial charge is 0.497 e. The van der Waals surface area contributed by atoms with Gasteiger partial charge in [-0.1, -0.05) is 25.1 Å². The van der Waals surface area contributed by atoms with Crippen LogP contribution in [0, 0.1) is 29.6 Å². The molecule has 1 aromatic rings. The highest BCUT2D eigenvalue weighted by atomic mass is 16.7. The highest BCUT2D eigenvalue weighted by Crippen LogP contribution is 2.53. The van der Waals surface area contributed by atoms with Gasteiger partial charge in [0, 0.05) is 50.7 Å². The Hall–Kier alpha value is -1.98. The van der Waals surface area contributed by atoms with Crippen molar-refractivity contribution in [2.45, 2.75) is 51.2 Å². The van der Waals surface area contributed by atoms with Crippen LogP contribution in [0.3, 0.4) is 0 Å². The average molecular weight is 429 g/mol. The van der Waals surface area contributed by atoms with Crippen molar-refractivity contribution < 1.29 is 23.8 Å². The minimum absolute atomic E-state index is 0.00860. The summed E-state index contributed by atoms with van der Waals surface area (Å²) in [6.45, 7) is 5.85. The molecule has 2 aliphatic rings. The zero-order valence-corrected chi connectivity index (χ0v) is 19.3. The van der Waals surface area contributed by atoms with Crippen LogP contribution >= 0.6 is 0 Å². The smallest absolute Gasteiger partial charge is 0.172 e. The molecule has 0 aliphatic heterocycles. The first-order valence-electron chi connectivity index (χ1n) is 11.3. The fourth-order valence-corrected chi connectivity index (χ4v) is 5.97. The summed E-state index contributed by atoms with van der Waals surface area (Å²) >= 11 is 0. The number of aryl methyl sites for hydroxylation is 1. The molecule has 0 radical (unpaired) electrons. The number of Topliss-reactive ketones (excluding diaryl/α,β-unsaturated/α-hetero) is 2. The van der Waals surface area contributed by atoms with Gasteiger partial charge in [-0.15, -0.1) is 6.58 Å². The molecule has 5 atom stereocenters. The highest BCUT2D eigenvalue weighted by molar-refractivity contribution is 5.90. The van der Waals surface area contributed by atoms with E-state index >= 15 is 0 Å². The number of ether oxygens (including phenoxy) is 3. The van der Waals surface area contributed by atoms with Crippen LogP contribution < -0.4 is 4.74 Å². The van der Waals surface area contributed by atoms with E-state index in [2.05, 4.69) is 18.7 Å². The Morgan fingerprint density at radius 1 is 1.13 bits per heavy atom. The molecule has 5 heteroatoms. The molecule has 2 aliphatic carbocycles. The van der Waals surface area contributed by atoms with Crippen LogP contribution in [0.25, 0.3) is 0 Å². The maximum Gasteiger partial charge on any atom is 0.172 e. The summed E-state index contributed by atoms with van der Waals surface area (Å²) in [6.07, 6.45) is 5.91. The van der Waals surface area contributed by atoms with E-state index in [4.69, 9.17) is 14.2 Å². The Kier molecular flexibility index (Phi) is 7.71. The minimum Gasteiger partial charge on any atom is -0.497 e. The van der Waals surface area contributed by atoms with E-state index in [0.717, 1.165) is 25.0 Å². The number of rotatable bonds is 9. The number of benzene rings is 1. The van der Waals surface area contributed by atoms with Gasteiger partial charge in [-0.3, -0.25) is 9.59 Å². The molecule has 31 heavy (non-hydrogen) atoms. The second-order valence-electron chi connectivity index (χ2n) is 8.96. The number of ketones is 2. The lowest BCUT2D eigenvalue weighted by Gasteiger charge is -2.54. The molecule has 0 N–H and O–H groups in total. The summed E-state index contributed by atoms with van der Waals surface area (Å²) in [7, 11) is 4.92. The van der Waals surface area contributed by atoms with Crippen LogP contribution in [-0.2, 0) is 25.5 Å². The lowest BCUT2D eigenvalue weighted by molar-refractivity contribution is -0.277. The SMILES string of the molecule is C=CC[C@@H]1C(=O)[C@H](C)[C@H](CCCc2ccc(OC)cc2)[C@H]2C(=O)CCC(OC)(OC)[C@H]21. The van der Waals surface area contributed by atoms with Crippen molar-refractivity contribution in [2.75, 3.05) is 21.3 Å². The zero-order chi connectivity index (χ0) is 22.6. The van der Waals surface area contributed by atoms with E-state index in [0.29, 0.717) is 19.3 Å². The highest BCUT2D eigenvalue weighted by Gasteiger charge is 2.60. The Labute approximate surface area is 186 Å². The molecule has 0 heterocycles. The molecule has 2 saturated carbocycles. The number of fused-ring (bicyclic) bond motifs is 1. The van der Waals surface area contributed by atoms with Gasteiger partial charge in [0.15, 0.2) is 5.79 Å². The van der Waals surface area contributed by atoms with Gasteiger partial charge < -0.3 is 14.2 Å². The van der Waals surface area contributed by atoms with Gasteiger partial charge in [0.1, 0.15) is 17.3 Å². The lowest BCUT2D eigenvalue weighted by Crippen LogP contribution is -2.61. The Morgan fingerprint density at radius 2 is 1.81 bits per heavy atom. The van der Waals surface area contributed by atoms with E-state index in [-0.39, 0.29) is 41.2 Å². The molecule has 1 aromatic carbocycles. The summed E-state index contributed by atoms with van der Waals surface area (Å²) in [6, 6.07) is 8.08. The molecule has 0 saturated heterocycles. The fourth-order valence-electron chi connectivity index (χ4n) is 5.97. The molecule has 0 aromatic heterocycles. The third-order valence-corrected chi connectivity index (χ3v) is 7.61. The molecule has 2 fully saturated rings. The van der Waals surface area contributed by atoms with Crippen LogP contribution in [-0.4, -0.2) is 38.7 Å². The maximum atomic E-state index is 13.4. The van der Waals surface area contributed by atoms with Crippen molar-refractivity contribution in [1.29, 1.82) is 0 Å². The Morgan fingerprint density at radius 3 is 2.39 bits per heavy atom. The quantitative estimate of drug-likeness (QED) is 0.424. The monoisotopic (exact) mass is 428 g/mol. The first kappa shape index (κ1) is 23.7. The topological polar surface area (TPSA) is 61.8 Å². The van der Waals surface area contributed by atoms with Crippen molar-refractivity contribution >= 4 is 11.6 Å². The van der Waals surface area contributed by atoms with Crippen LogP contribution in [0.1, 0.15) is 44.6 Å². The van der Waals surface area contributed by atoms with Crippen LogP contribution in [0.15, 0.2) is 36.9 Å². The average Bonchev–Trinajstić information content (AvgIpc) is 2.80. The third-order valence-electron chi connectivity index (χ3n) is 7.61. The van der Waals surface area contributed by atoms with Gasteiger partial charge in [0.2, 0.25) is 0 Å². The maximum absolute atomic E-state index is 13.4. The molecule has 170 valence electrons. The second-order valence-corrected chi connectivity index (χ2v) is 8.96. The zero-order valence-electron chi connectivity index (χ0n) is 19.3. The van der Waals surface area contributed by atoms with Gasteiger partial charge in [-0.05, 0) is 49.3 Å². The molecular weight excluding hydrogens is 392 g/mol. The lowest BCUT2D eigenvalue weighted by atomic mass is 9.53. The fraction of sp³-hybridized carbons (Fsp3) is 0.615. The van der Waals surface area contributed by atoms with Gasteiger partial charge in [0.05, 0.1) is 7.11 Å². The van der Waals surface area contributed by atoms with Crippen LogP contribution in [0.2, 0.25) is 0 Å². The number of carbonyl (C=O) groups is 2. The number of methoxy groups -OCH3 is 3. The second kappa shape index (κ2) is 10.1. The predicted molar refractivity (Wildman–Crippen MR) is 120 cm³/mol. The van der Waals surface area contributed by atoms with Crippen molar-refractivity contribution in [3.05, 3.63) is 42.5 Å². The summed E-state index contributed by atoms with van der Waals surface area (Å²) < 4.78 is 17.0. The number of hydrogen-bond acceptors (Lipinski definition) is 5. The Bertz CT molecular complexity index is 779. The van der Waals surface area contributed by atoms with E-state index in [1.165, 1.54) is 5.56 Å². The molecule has 3 rings (SSSR count). The minimum atomic E-state index is -0.893. The van der Waals surface area contributed by atoms with Crippen LogP contribution in [0.5, 0.6) is 5.75 Å². The van der Waals surface area contributed by atoms with Crippen molar-refractivity contribution in [1.82, 2.24) is 0 Å². The van der Waals surface area contributed by atoms with Gasteiger partial charge in [-0.2, -0.15) is 0 Å². The molecule has 5 nitrogen and oxygen atoms in total. The van der Waals surface area contributed by atoms with E-state index in [1.54, 1.807) is 27.4 Å². The summed E-state index contributed by atoms with van der Waals surface area (Å²) in [5.41, 5.74) is 1.23. The standard InChI is InChI=1S/C26H36O5/c1-6-8-21-24-23(22(27)15-16-26(24,30-4)31-5)20(17(2)25(21)28)10-7-9-18-11-13-19(29-3)14-12-18/h6,11-14,17,20-21,23-24H,1,7-10,15-16H2,2-5H3/t17-,20+,21+,23+,24+/m1/s1. The van der Waals surface area contributed by atoms with Gasteiger partial charge in [-0.25, -0.2) is 0 Å². The molecule has 0 bridgehead atoms. The summed E-state index contributed by atoms with van der Waals surface area (Å²) in [4.78, 5) is 26.6. The molecule has 0 amide bonds. The number of allylic oxidation sites excluding steroid dienone is 1. The van der Waals surface area contributed by atoms with E-state index in [1.807, 2.05) is 19.1 Å². The predicted octanol–water partition coefficient (Wildman–Crippen LogP) is 4.63. The molecular formula is C26H36O5. The van der Waals surface area contributed by atoms with Gasteiger partial charge >= 0.3 is 0 Å². The van der Waals surface area contributed by atoms with E-state index in [9.17, 15) is 9.59 Å². The van der Waals surface area contributed by atoms with Crippen molar-refractivity contribution in [2.24, 2.45) is 29.6 Å². The molecule has 0 unspecified atom stereocenters. The first-order valence-corrected chi connectivity index (χ1v) is 11.3. The van der Waals surface area contributed by atoms with Crippen molar-refractivity contribution in [3.8, 4) is 5.75 Å². The number of carbonyl (C=O) groups excluding carboxylic acids is 2. The summed E-state index contributed by atoms with van der Waals surface area (Å²) in [5.74, 6) is -0.519.